The van der Waals surface area contributed by atoms with Crippen molar-refractivity contribution < 1.29 is 4.74 Å². The second-order valence-electron chi connectivity index (χ2n) is 4.86. The van der Waals surface area contributed by atoms with E-state index in [9.17, 15) is 0 Å². The molecule has 1 aromatic carbocycles. The number of nitrogens with zero attached hydrogens (tertiary/aromatic N) is 2. The smallest absolute Gasteiger partial charge is 0.140 e. The molecular weight excluding hydrogens is 292 g/mol. The summed E-state index contributed by atoms with van der Waals surface area (Å²) in [6.45, 7) is 2.13. The lowest BCUT2D eigenvalue weighted by Gasteiger charge is -2.13. The van der Waals surface area contributed by atoms with Crippen molar-refractivity contribution >= 4 is 17.9 Å². The molecule has 4 N–H and O–H groups in total. The number of ether oxygens (including phenoxy) is 1. The number of likely N-dealkylation sites (N-methyl/N-ethyl adjacent to an activating group) is 1. The van der Waals surface area contributed by atoms with Gasteiger partial charge in [-0.2, -0.15) is 0 Å². The number of benzene rings is 1. The van der Waals surface area contributed by atoms with E-state index in [-0.39, 0.29) is 0 Å². The van der Waals surface area contributed by atoms with Crippen LogP contribution in [0.4, 0.5) is 11.6 Å². The molecule has 0 bridgehead atoms. The van der Waals surface area contributed by atoms with E-state index in [1.165, 1.54) is 12.5 Å². The van der Waals surface area contributed by atoms with Crippen LogP contribution in [0.15, 0.2) is 30.6 Å². The molecule has 0 saturated heterocycles. The molecule has 0 unspecified atom stereocenters. The molecule has 1 aromatic heterocycles. The Morgan fingerprint density at radius 2 is 1.96 bits per heavy atom. The van der Waals surface area contributed by atoms with Crippen molar-refractivity contribution in [3.8, 4) is 5.75 Å². The van der Waals surface area contributed by atoms with Gasteiger partial charge in [-0.1, -0.05) is 12.1 Å². The minimum absolute atomic E-state index is 0.588. The summed E-state index contributed by atoms with van der Waals surface area (Å²) in [7, 11) is 3.54. The first-order valence-electron chi connectivity index (χ1n) is 7.39. The van der Waals surface area contributed by atoms with Crippen molar-refractivity contribution in [1.82, 2.24) is 15.3 Å². The Labute approximate surface area is 136 Å². The van der Waals surface area contributed by atoms with Gasteiger partial charge in [0.1, 0.15) is 23.7 Å². The Bertz CT molecular complexity index is 646. The zero-order chi connectivity index (χ0) is 16.5. The first kappa shape index (κ1) is 16.7. The van der Waals surface area contributed by atoms with E-state index < -0.39 is 0 Å². The number of aromatic nitrogens is 2. The molecule has 0 radical (unpaired) electrons. The molecule has 0 saturated carbocycles. The fourth-order valence-corrected chi connectivity index (χ4v) is 2.09. The summed E-state index contributed by atoms with van der Waals surface area (Å²) in [5.41, 5.74) is 1.72. The highest BCUT2D eigenvalue weighted by Gasteiger charge is 2.09. The molecule has 0 aliphatic rings. The quantitative estimate of drug-likeness (QED) is 0.416. The molecule has 0 aliphatic carbocycles. The van der Waals surface area contributed by atoms with Gasteiger partial charge in [-0.3, -0.25) is 0 Å². The van der Waals surface area contributed by atoms with Gasteiger partial charge >= 0.3 is 0 Å². The lowest BCUT2D eigenvalue weighted by Crippen LogP contribution is -2.19. The number of methoxy groups -OCH3 is 1. The Morgan fingerprint density at radius 3 is 2.65 bits per heavy atom. The van der Waals surface area contributed by atoms with Gasteiger partial charge in [0, 0.05) is 25.8 Å². The maximum atomic E-state index is 7.63. The summed E-state index contributed by atoms with van der Waals surface area (Å²) in [5, 5.41) is 17.1. The molecule has 7 nitrogen and oxygen atoms in total. The van der Waals surface area contributed by atoms with E-state index >= 15 is 0 Å². The molecule has 0 spiro atoms. The fraction of sp³-hybridized carbons (Fsp3) is 0.312. The van der Waals surface area contributed by atoms with Gasteiger partial charge in [-0.15, -0.1) is 0 Å². The monoisotopic (exact) mass is 314 g/mol. The first-order chi connectivity index (χ1) is 11.3. The van der Waals surface area contributed by atoms with Crippen molar-refractivity contribution in [2.24, 2.45) is 0 Å². The van der Waals surface area contributed by atoms with E-state index in [0.717, 1.165) is 24.4 Å². The van der Waals surface area contributed by atoms with Crippen molar-refractivity contribution in [3.63, 3.8) is 0 Å². The van der Waals surface area contributed by atoms with E-state index in [1.54, 1.807) is 7.11 Å². The Kier molecular flexibility index (Phi) is 6.31. The van der Waals surface area contributed by atoms with E-state index in [2.05, 4.69) is 25.9 Å². The molecule has 122 valence electrons. The van der Waals surface area contributed by atoms with E-state index in [0.29, 0.717) is 23.7 Å². The molecule has 0 fully saturated rings. The highest BCUT2D eigenvalue weighted by atomic mass is 16.5. The molecule has 0 aliphatic heterocycles. The summed E-state index contributed by atoms with van der Waals surface area (Å²) in [5.74, 6) is 2.09. The second-order valence-corrected chi connectivity index (χ2v) is 4.86. The lowest BCUT2D eigenvalue weighted by molar-refractivity contribution is 0.414. The van der Waals surface area contributed by atoms with E-state index in [1.807, 2.05) is 31.3 Å². The zero-order valence-electron chi connectivity index (χ0n) is 13.4. The number of nitrogens with one attached hydrogen (secondary N) is 4. The van der Waals surface area contributed by atoms with Crippen molar-refractivity contribution in [3.05, 3.63) is 41.7 Å². The fourth-order valence-electron chi connectivity index (χ4n) is 2.09. The second kappa shape index (κ2) is 8.70. The topological polar surface area (TPSA) is 95.0 Å². The van der Waals surface area contributed by atoms with Gasteiger partial charge < -0.3 is 26.1 Å². The molecule has 1 heterocycles. The average Bonchev–Trinajstić information content (AvgIpc) is 2.60. The first-order valence-corrected chi connectivity index (χ1v) is 7.39. The molecule has 2 aromatic rings. The van der Waals surface area contributed by atoms with Gasteiger partial charge in [0.25, 0.3) is 0 Å². The van der Waals surface area contributed by atoms with Crippen LogP contribution >= 0.6 is 0 Å². The highest BCUT2D eigenvalue weighted by Crippen LogP contribution is 2.19. The largest absolute Gasteiger partial charge is 0.497 e. The third kappa shape index (κ3) is 4.65. The summed E-state index contributed by atoms with van der Waals surface area (Å²) >= 11 is 0. The van der Waals surface area contributed by atoms with Crippen LogP contribution in [0.25, 0.3) is 0 Å². The van der Waals surface area contributed by atoms with Crippen molar-refractivity contribution in [1.29, 1.82) is 5.41 Å². The van der Waals surface area contributed by atoms with Gasteiger partial charge in [0.2, 0.25) is 0 Å². The maximum Gasteiger partial charge on any atom is 0.140 e. The number of hydrogen-bond acceptors (Lipinski definition) is 7. The van der Waals surface area contributed by atoms with Crippen LogP contribution in [0.5, 0.6) is 5.75 Å². The number of rotatable bonds is 9. The Balaban J connectivity index is 2.09. The van der Waals surface area contributed by atoms with Crippen LogP contribution in [0.3, 0.4) is 0 Å². The van der Waals surface area contributed by atoms with Gasteiger partial charge in [-0.05, 0) is 24.7 Å². The summed E-state index contributed by atoms with van der Waals surface area (Å²) < 4.78 is 5.22. The van der Waals surface area contributed by atoms with Crippen molar-refractivity contribution in [2.75, 3.05) is 37.9 Å². The minimum Gasteiger partial charge on any atom is -0.497 e. The third-order valence-corrected chi connectivity index (χ3v) is 3.29. The van der Waals surface area contributed by atoms with Crippen LogP contribution < -0.4 is 20.7 Å². The predicted octanol–water partition coefficient (Wildman–Crippen LogP) is 1.73. The van der Waals surface area contributed by atoms with Gasteiger partial charge in [0.05, 0.1) is 12.7 Å². The standard InChI is InChI=1S/C16H22N6O/c1-18-6-7-19-15-14(9-17)16(22-11-21-15)20-10-12-4-3-5-13(8-12)23-2/h3-5,8-9,11,17-18H,6-7,10H2,1-2H3,(H2,19,20,21,22). The van der Waals surface area contributed by atoms with Crippen LogP contribution in [-0.4, -0.2) is 43.4 Å². The maximum absolute atomic E-state index is 7.63. The summed E-state index contributed by atoms with van der Waals surface area (Å²) in [6, 6.07) is 7.82. The summed E-state index contributed by atoms with van der Waals surface area (Å²) in [4.78, 5) is 8.44. The average molecular weight is 314 g/mol. The lowest BCUT2D eigenvalue weighted by atomic mass is 10.2. The molecule has 2 rings (SSSR count). The zero-order valence-corrected chi connectivity index (χ0v) is 13.4. The Morgan fingerprint density at radius 1 is 1.17 bits per heavy atom. The van der Waals surface area contributed by atoms with Gasteiger partial charge in [0.15, 0.2) is 0 Å². The summed E-state index contributed by atoms with van der Waals surface area (Å²) in [6.07, 6.45) is 2.75. The highest BCUT2D eigenvalue weighted by molar-refractivity contribution is 5.90. The molecule has 23 heavy (non-hydrogen) atoms. The predicted molar refractivity (Wildman–Crippen MR) is 92.7 cm³/mol. The number of anilines is 2. The van der Waals surface area contributed by atoms with Crippen LogP contribution in [-0.2, 0) is 6.54 Å². The normalized spacial score (nSPS) is 10.2. The SMILES string of the molecule is CNCCNc1ncnc(NCc2cccc(OC)c2)c1C=N. The minimum atomic E-state index is 0.588. The Hall–Kier alpha value is -2.67. The molecule has 7 heteroatoms. The molecular formula is C16H22N6O. The van der Waals surface area contributed by atoms with E-state index in [4.69, 9.17) is 10.1 Å². The third-order valence-electron chi connectivity index (χ3n) is 3.29. The van der Waals surface area contributed by atoms with Crippen LogP contribution in [0.2, 0.25) is 0 Å². The van der Waals surface area contributed by atoms with Crippen LogP contribution in [0.1, 0.15) is 11.1 Å². The van der Waals surface area contributed by atoms with Gasteiger partial charge in [-0.25, -0.2) is 9.97 Å². The van der Waals surface area contributed by atoms with Crippen LogP contribution in [0, 0.1) is 5.41 Å². The molecule has 0 amide bonds. The van der Waals surface area contributed by atoms with Crippen molar-refractivity contribution in [2.45, 2.75) is 6.54 Å². The molecule has 0 atom stereocenters. The number of hydrogen-bond donors (Lipinski definition) is 4.